The van der Waals surface area contributed by atoms with Gasteiger partial charge in [0.05, 0.1) is 19.8 Å². The van der Waals surface area contributed by atoms with E-state index in [0.29, 0.717) is 29.6 Å². The first-order valence-corrected chi connectivity index (χ1v) is 7.66. The maximum atomic E-state index is 9.31. The Morgan fingerprint density at radius 2 is 1.84 bits per heavy atom. The van der Waals surface area contributed by atoms with E-state index in [1.165, 1.54) is 0 Å². The van der Waals surface area contributed by atoms with Crippen LogP contribution < -0.4 is 14.8 Å². The van der Waals surface area contributed by atoms with E-state index in [9.17, 15) is 5.26 Å². The molecule has 1 heterocycles. The molecule has 1 N–H and O–H groups in total. The number of anilines is 1. The molecule has 0 amide bonds. The van der Waals surface area contributed by atoms with Crippen molar-refractivity contribution in [2.75, 3.05) is 19.5 Å². The molecule has 3 aromatic rings. The largest absolute Gasteiger partial charge is 0.497 e. The molecule has 0 spiro atoms. The fourth-order valence-corrected chi connectivity index (χ4v) is 2.38. The van der Waals surface area contributed by atoms with Crippen molar-refractivity contribution in [3.63, 3.8) is 0 Å². The molecule has 0 bridgehead atoms. The van der Waals surface area contributed by atoms with Gasteiger partial charge in [-0.15, -0.1) is 0 Å². The predicted molar refractivity (Wildman–Crippen MR) is 93.5 cm³/mol. The Labute approximate surface area is 145 Å². The first kappa shape index (κ1) is 16.4. The van der Waals surface area contributed by atoms with E-state index < -0.39 is 0 Å². The highest BCUT2D eigenvalue weighted by Crippen LogP contribution is 2.32. The van der Waals surface area contributed by atoms with Crippen LogP contribution in [-0.2, 0) is 6.54 Å². The van der Waals surface area contributed by atoms with E-state index in [4.69, 9.17) is 13.9 Å². The van der Waals surface area contributed by atoms with Crippen molar-refractivity contribution in [3.8, 4) is 29.0 Å². The topological polar surface area (TPSA) is 80.3 Å². The van der Waals surface area contributed by atoms with Gasteiger partial charge < -0.3 is 19.2 Å². The Balaban J connectivity index is 1.82. The zero-order chi connectivity index (χ0) is 17.6. The minimum absolute atomic E-state index is 0.203. The molecular formula is C19H17N3O3. The SMILES string of the molecule is COc1ccc(CNc2oc(-c3ccccc3OC)nc2C#N)cc1. The summed E-state index contributed by atoms with van der Waals surface area (Å²) >= 11 is 0. The maximum Gasteiger partial charge on any atom is 0.233 e. The molecule has 6 nitrogen and oxygen atoms in total. The van der Waals surface area contributed by atoms with Crippen molar-refractivity contribution < 1.29 is 13.9 Å². The van der Waals surface area contributed by atoms with Crippen molar-refractivity contribution in [3.05, 3.63) is 59.8 Å². The number of nitrogens with one attached hydrogen (secondary N) is 1. The van der Waals surface area contributed by atoms with Gasteiger partial charge in [0.15, 0.2) is 0 Å². The lowest BCUT2D eigenvalue weighted by Crippen LogP contribution is -1.99. The molecule has 3 rings (SSSR count). The highest BCUT2D eigenvalue weighted by Gasteiger charge is 2.17. The number of methoxy groups -OCH3 is 2. The number of nitriles is 1. The Morgan fingerprint density at radius 3 is 2.52 bits per heavy atom. The van der Waals surface area contributed by atoms with Gasteiger partial charge >= 0.3 is 0 Å². The smallest absolute Gasteiger partial charge is 0.233 e. The fraction of sp³-hybridized carbons (Fsp3) is 0.158. The lowest BCUT2D eigenvalue weighted by atomic mass is 10.2. The van der Waals surface area contributed by atoms with Gasteiger partial charge in [0.2, 0.25) is 17.5 Å². The summed E-state index contributed by atoms with van der Waals surface area (Å²) in [4.78, 5) is 4.26. The lowest BCUT2D eigenvalue weighted by Gasteiger charge is -2.05. The average Bonchev–Trinajstić information content (AvgIpc) is 3.09. The van der Waals surface area contributed by atoms with Gasteiger partial charge in [0.1, 0.15) is 17.6 Å². The highest BCUT2D eigenvalue weighted by atomic mass is 16.5. The molecular weight excluding hydrogens is 318 g/mol. The Kier molecular flexibility index (Phi) is 4.86. The molecule has 0 atom stereocenters. The van der Waals surface area contributed by atoms with Crippen LogP contribution in [0, 0.1) is 11.3 Å². The van der Waals surface area contributed by atoms with Crippen LogP contribution in [0.1, 0.15) is 11.3 Å². The number of hydrogen-bond donors (Lipinski definition) is 1. The number of oxazole rings is 1. The summed E-state index contributed by atoms with van der Waals surface area (Å²) in [6.45, 7) is 0.499. The molecule has 0 saturated carbocycles. The molecule has 0 aliphatic heterocycles. The molecule has 6 heteroatoms. The van der Waals surface area contributed by atoms with Crippen LogP contribution in [0.2, 0.25) is 0 Å². The van der Waals surface area contributed by atoms with E-state index in [0.717, 1.165) is 11.3 Å². The summed E-state index contributed by atoms with van der Waals surface area (Å²) in [7, 11) is 3.20. The zero-order valence-electron chi connectivity index (χ0n) is 13.9. The number of hydrogen-bond acceptors (Lipinski definition) is 6. The zero-order valence-corrected chi connectivity index (χ0v) is 13.9. The lowest BCUT2D eigenvalue weighted by molar-refractivity contribution is 0.414. The van der Waals surface area contributed by atoms with Gasteiger partial charge in [-0.25, -0.2) is 0 Å². The predicted octanol–water partition coefficient (Wildman–Crippen LogP) is 3.84. The van der Waals surface area contributed by atoms with Crippen molar-refractivity contribution in [2.45, 2.75) is 6.54 Å². The molecule has 1 aromatic heterocycles. The summed E-state index contributed by atoms with van der Waals surface area (Å²) in [5.41, 5.74) is 1.92. The summed E-state index contributed by atoms with van der Waals surface area (Å²) in [6, 6.07) is 17.1. The Bertz CT molecular complexity index is 895. The molecule has 0 fully saturated rings. The van der Waals surface area contributed by atoms with Gasteiger partial charge in [-0.1, -0.05) is 24.3 Å². The minimum atomic E-state index is 0.203. The molecule has 0 aliphatic carbocycles. The normalized spacial score (nSPS) is 10.1. The average molecular weight is 335 g/mol. The van der Waals surface area contributed by atoms with Crippen molar-refractivity contribution in [1.82, 2.24) is 4.98 Å². The van der Waals surface area contributed by atoms with E-state index in [1.54, 1.807) is 14.2 Å². The Morgan fingerprint density at radius 1 is 1.08 bits per heavy atom. The van der Waals surface area contributed by atoms with Gasteiger partial charge in [0, 0.05) is 6.54 Å². The van der Waals surface area contributed by atoms with Gasteiger partial charge in [-0.3, -0.25) is 0 Å². The van der Waals surface area contributed by atoms with E-state index >= 15 is 0 Å². The molecule has 126 valence electrons. The molecule has 0 unspecified atom stereocenters. The molecule has 0 saturated heterocycles. The summed E-state index contributed by atoms with van der Waals surface area (Å²) in [5, 5.41) is 12.4. The molecule has 2 aromatic carbocycles. The highest BCUT2D eigenvalue weighted by molar-refractivity contribution is 5.65. The third-order valence-corrected chi connectivity index (χ3v) is 3.68. The van der Waals surface area contributed by atoms with Gasteiger partial charge in [-0.2, -0.15) is 10.2 Å². The van der Waals surface area contributed by atoms with Crippen LogP contribution in [-0.4, -0.2) is 19.2 Å². The van der Waals surface area contributed by atoms with Crippen LogP contribution in [0.3, 0.4) is 0 Å². The monoisotopic (exact) mass is 335 g/mol. The minimum Gasteiger partial charge on any atom is -0.497 e. The van der Waals surface area contributed by atoms with Crippen molar-refractivity contribution in [2.24, 2.45) is 0 Å². The van der Waals surface area contributed by atoms with Crippen LogP contribution in [0.4, 0.5) is 5.88 Å². The quantitative estimate of drug-likeness (QED) is 0.737. The van der Waals surface area contributed by atoms with Gasteiger partial charge in [0.25, 0.3) is 0 Å². The number of para-hydroxylation sites is 1. The second-order valence-electron chi connectivity index (χ2n) is 5.21. The summed E-state index contributed by atoms with van der Waals surface area (Å²) in [5.74, 6) is 2.10. The van der Waals surface area contributed by atoms with E-state index in [-0.39, 0.29) is 5.69 Å². The van der Waals surface area contributed by atoms with E-state index in [1.807, 2.05) is 54.6 Å². The van der Waals surface area contributed by atoms with Crippen LogP contribution in [0.5, 0.6) is 11.5 Å². The number of ether oxygens (including phenoxy) is 2. The molecule has 25 heavy (non-hydrogen) atoms. The molecule has 0 aliphatic rings. The summed E-state index contributed by atoms with van der Waals surface area (Å²) < 4.78 is 16.2. The number of aromatic nitrogens is 1. The summed E-state index contributed by atoms with van der Waals surface area (Å²) in [6.07, 6.45) is 0. The second-order valence-corrected chi connectivity index (χ2v) is 5.21. The standard InChI is InChI=1S/C19H17N3O3/c1-23-14-9-7-13(8-10-14)12-21-19-16(11-20)22-18(25-19)15-5-3-4-6-17(15)24-2/h3-10,21H,12H2,1-2H3. The fourth-order valence-electron chi connectivity index (χ4n) is 2.38. The third kappa shape index (κ3) is 3.56. The first-order valence-electron chi connectivity index (χ1n) is 7.66. The Hall–Kier alpha value is -3.46. The van der Waals surface area contributed by atoms with E-state index in [2.05, 4.69) is 10.3 Å². The van der Waals surface area contributed by atoms with Crippen LogP contribution >= 0.6 is 0 Å². The number of benzene rings is 2. The second kappa shape index (κ2) is 7.41. The van der Waals surface area contributed by atoms with Gasteiger partial charge in [-0.05, 0) is 29.8 Å². The molecule has 0 radical (unpaired) electrons. The van der Waals surface area contributed by atoms with Crippen molar-refractivity contribution in [1.29, 1.82) is 5.26 Å². The third-order valence-electron chi connectivity index (χ3n) is 3.68. The van der Waals surface area contributed by atoms with Crippen LogP contribution in [0.25, 0.3) is 11.5 Å². The van der Waals surface area contributed by atoms with Crippen LogP contribution in [0.15, 0.2) is 52.9 Å². The first-order chi connectivity index (χ1) is 12.2. The number of nitrogens with zero attached hydrogens (tertiary/aromatic N) is 2. The number of rotatable bonds is 6. The van der Waals surface area contributed by atoms with Crippen molar-refractivity contribution >= 4 is 5.88 Å². The maximum absolute atomic E-state index is 9.31.